The second-order valence-corrected chi connectivity index (χ2v) is 5.82. The molecule has 0 aliphatic heterocycles. The summed E-state index contributed by atoms with van der Waals surface area (Å²) in [5.74, 6) is -2.14. The van der Waals surface area contributed by atoms with E-state index in [4.69, 9.17) is 4.74 Å². The summed E-state index contributed by atoms with van der Waals surface area (Å²) in [6, 6.07) is 13.4. The summed E-state index contributed by atoms with van der Waals surface area (Å²) in [6.45, 7) is 1.81. The van der Waals surface area contributed by atoms with Gasteiger partial charge >= 0.3 is 5.97 Å². The second kappa shape index (κ2) is 8.30. The lowest BCUT2D eigenvalue weighted by molar-refractivity contribution is 0.0527. The van der Waals surface area contributed by atoms with Gasteiger partial charge in [-0.25, -0.2) is 14.2 Å². The minimum atomic E-state index is -0.665. The normalized spacial score (nSPS) is 10.4. The third kappa shape index (κ3) is 4.15. The number of rotatable bonds is 6. The summed E-state index contributed by atoms with van der Waals surface area (Å²) >= 11 is 0. The van der Waals surface area contributed by atoms with E-state index in [1.807, 2.05) is 18.2 Å². The Bertz CT molecular complexity index is 1020. The van der Waals surface area contributed by atoms with Crippen molar-refractivity contribution in [1.82, 2.24) is 4.98 Å². The van der Waals surface area contributed by atoms with Crippen molar-refractivity contribution in [2.24, 2.45) is 0 Å². The molecule has 0 aliphatic carbocycles. The Labute approximate surface area is 160 Å². The Kier molecular flexibility index (Phi) is 5.64. The number of aromatic nitrogens is 1. The summed E-state index contributed by atoms with van der Waals surface area (Å²) < 4.78 is 18.5. The minimum absolute atomic E-state index is 0.0163. The maximum absolute atomic E-state index is 13.5. The van der Waals surface area contributed by atoms with Crippen LogP contribution in [-0.2, 0) is 4.74 Å². The van der Waals surface area contributed by atoms with E-state index in [-0.39, 0.29) is 34.9 Å². The monoisotopic (exact) mass is 380 g/mol. The van der Waals surface area contributed by atoms with Gasteiger partial charge in [0.15, 0.2) is 5.78 Å². The Morgan fingerprint density at radius 3 is 2.57 bits per heavy atom. The van der Waals surface area contributed by atoms with Crippen molar-refractivity contribution in [1.29, 1.82) is 0 Å². The van der Waals surface area contributed by atoms with Gasteiger partial charge in [0.25, 0.3) is 0 Å². The fourth-order valence-electron chi connectivity index (χ4n) is 2.56. The number of ether oxygens (including phenoxy) is 1. The van der Waals surface area contributed by atoms with Crippen LogP contribution in [0.4, 0.5) is 15.9 Å². The number of benzene rings is 2. The maximum atomic E-state index is 13.5. The third-order valence-corrected chi connectivity index (χ3v) is 3.88. The molecular formula is C21H17FN2O4. The molecular weight excluding hydrogens is 363 g/mol. The zero-order chi connectivity index (χ0) is 20.1. The van der Waals surface area contributed by atoms with Crippen LogP contribution in [0.2, 0.25) is 0 Å². The lowest BCUT2D eigenvalue weighted by atomic mass is 10.0. The van der Waals surface area contributed by atoms with Gasteiger partial charge in [0.1, 0.15) is 22.9 Å². The predicted octanol–water partition coefficient (Wildman–Crippen LogP) is 4.08. The van der Waals surface area contributed by atoms with Crippen LogP contribution in [0, 0.1) is 5.82 Å². The number of carbonyl (C=O) groups excluding carboxylic acids is 2. The van der Waals surface area contributed by atoms with Crippen molar-refractivity contribution in [3.63, 3.8) is 0 Å². The first kappa shape index (κ1) is 19.0. The van der Waals surface area contributed by atoms with E-state index in [2.05, 4.69) is 10.3 Å². The van der Waals surface area contributed by atoms with Crippen LogP contribution in [0.1, 0.15) is 33.2 Å². The average Bonchev–Trinajstić information content (AvgIpc) is 2.70. The van der Waals surface area contributed by atoms with Gasteiger partial charge < -0.3 is 15.2 Å². The highest BCUT2D eigenvalue weighted by atomic mass is 19.1. The molecule has 3 rings (SSSR count). The zero-order valence-corrected chi connectivity index (χ0v) is 15.0. The number of phenolic OH excluding ortho intramolecular Hbond substituents is 1. The Morgan fingerprint density at radius 1 is 1.11 bits per heavy atom. The van der Waals surface area contributed by atoms with Gasteiger partial charge in [-0.2, -0.15) is 0 Å². The highest BCUT2D eigenvalue weighted by Gasteiger charge is 2.20. The molecule has 28 heavy (non-hydrogen) atoms. The van der Waals surface area contributed by atoms with Crippen molar-refractivity contribution in [2.75, 3.05) is 11.9 Å². The topological polar surface area (TPSA) is 88.5 Å². The Hall–Kier alpha value is -3.74. The lowest BCUT2D eigenvalue weighted by Gasteiger charge is -2.12. The van der Waals surface area contributed by atoms with Crippen LogP contribution in [-0.4, -0.2) is 28.4 Å². The Morgan fingerprint density at radius 2 is 1.86 bits per heavy atom. The number of hydrogen-bond donors (Lipinski definition) is 2. The van der Waals surface area contributed by atoms with Crippen molar-refractivity contribution in [3.8, 4) is 5.75 Å². The number of halogens is 1. The first-order chi connectivity index (χ1) is 13.5. The highest BCUT2D eigenvalue weighted by molar-refractivity contribution is 6.11. The van der Waals surface area contributed by atoms with Crippen LogP contribution in [0.15, 0.2) is 60.8 Å². The van der Waals surface area contributed by atoms with Crippen molar-refractivity contribution < 1.29 is 23.8 Å². The van der Waals surface area contributed by atoms with Gasteiger partial charge in [-0.05, 0) is 43.3 Å². The number of hydrogen-bond acceptors (Lipinski definition) is 6. The van der Waals surface area contributed by atoms with Gasteiger partial charge in [0, 0.05) is 17.4 Å². The van der Waals surface area contributed by atoms with E-state index >= 15 is 0 Å². The number of phenols is 1. The smallest absolute Gasteiger partial charge is 0.341 e. The summed E-state index contributed by atoms with van der Waals surface area (Å²) in [7, 11) is 0. The van der Waals surface area contributed by atoms with Gasteiger partial charge in [-0.15, -0.1) is 0 Å². The van der Waals surface area contributed by atoms with Crippen molar-refractivity contribution >= 4 is 23.3 Å². The van der Waals surface area contributed by atoms with Crippen LogP contribution in [0.5, 0.6) is 5.75 Å². The van der Waals surface area contributed by atoms with Crippen LogP contribution < -0.4 is 5.32 Å². The van der Waals surface area contributed by atoms with E-state index < -0.39 is 17.6 Å². The fourth-order valence-corrected chi connectivity index (χ4v) is 2.56. The molecule has 0 saturated heterocycles. The number of para-hydroxylation sites is 1. The SMILES string of the molecule is CCOC(=O)c1cc(C(=O)c2cc(F)ccc2O)cnc1Nc1ccccc1. The molecule has 0 saturated carbocycles. The van der Waals surface area contributed by atoms with Gasteiger partial charge in [0.05, 0.1) is 12.2 Å². The first-order valence-corrected chi connectivity index (χ1v) is 8.52. The molecule has 142 valence electrons. The highest BCUT2D eigenvalue weighted by Crippen LogP contribution is 2.25. The molecule has 6 nitrogen and oxygen atoms in total. The number of ketones is 1. The van der Waals surface area contributed by atoms with Crippen LogP contribution >= 0.6 is 0 Å². The molecule has 0 amide bonds. The van der Waals surface area contributed by atoms with Crippen molar-refractivity contribution in [3.05, 3.63) is 83.3 Å². The predicted molar refractivity (Wildman–Crippen MR) is 101 cm³/mol. The largest absolute Gasteiger partial charge is 0.507 e. The molecule has 0 aliphatic rings. The number of aromatic hydroxyl groups is 1. The van der Waals surface area contributed by atoms with E-state index in [1.54, 1.807) is 19.1 Å². The number of esters is 1. The van der Waals surface area contributed by atoms with E-state index in [0.717, 1.165) is 18.2 Å². The molecule has 0 spiro atoms. The first-order valence-electron chi connectivity index (χ1n) is 8.52. The van der Waals surface area contributed by atoms with E-state index in [1.165, 1.54) is 12.3 Å². The van der Waals surface area contributed by atoms with Crippen LogP contribution in [0.3, 0.4) is 0 Å². The maximum Gasteiger partial charge on any atom is 0.341 e. The molecule has 2 aromatic carbocycles. The standard InChI is InChI=1S/C21H17FN2O4/c1-2-28-21(27)17-10-13(19(26)16-11-14(22)8-9-18(16)25)12-23-20(17)24-15-6-4-3-5-7-15/h3-12,25H,2H2,1H3,(H,23,24). The number of anilines is 2. The molecule has 0 fully saturated rings. The van der Waals surface area contributed by atoms with Gasteiger partial charge in [-0.1, -0.05) is 18.2 Å². The van der Waals surface area contributed by atoms with Crippen LogP contribution in [0.25, 0.3) is 0 Å². The number of nitrogens with zero attached hydrogens (tertiary/aromatic N) is 1. The summed E-state index contributed by atoms with van der Waals surface area (Å²) in [5.41, 5.74) is 0.540. The quantitative estimate of drug-likeness (QED) is 0.495. The number of carbonyl (C=O) groups is 2. The van der Waals surface area contributed by atoms with Gasteiger partial charge in [0.2, 0.25) is 0 Å². The molecule has 3 aromatic rings. The number of nitrogens with one attached hydrogen (secondary N) is 1. The zero-order valence-electron chi connectivity index (χ0n) is 15.0. The molecule has 1 heterocycles. The van der Waals surface area contributed by atoms with Crippen molar-refractivity contribution in [2.45, 2.75) is 6.92 Å². The Balaban J connectivity index is 2.01. The fraction of sp³-hybridized carbons (Fsp3) is 0.0952. The lowest BCUT2D eigenvalue weighted by Crippen LogP contribution is -2.12. The van der Waals surface area contributed by atoms with E-state index in [0.29, 0.717) is 5.69 Å². The molecule has 0 atom stereocenters. The average molecular weight is 380 g/mol. The molecule has 0 radical (unpaired) electrons. The second-order valence-electron chi connectivity index (χ2n) is 5.82. The summed E-state index contributed by atoms with van der Waals surface area (Å²) in [4.78, 5) is 29.2. The summed E-state index contributed by atoms with van der Waals surface area (Å²) in [6.07, 6.45) is 1.25. The summed E-state index contributed by atoms with van der Waals surface area (Å²) in [5, 5.41) is 12.9. The number of pyridine rings is 1. The van der Waals surface area contributed by atoms with E-state index in [9.17, 15) is 19.1 Å². The molecule has 7 heteroatoms. The third-order valence-electron chi connectivity index (χ3n) is 3.88. The molecule has 1 aromatic heterocycles. The molecule has 0 unspecified atom stereocenters. The van der Waals surface area contributed by atoms with Gasteiger partial charge in [-0.3, -0.25) is 4.79 Å². The molecule has 2 N–H and O–H groups in total. The molecule has 0 bridgehead atoms. The minimum Gasteiger partial charge on any atom is -0.507 e.